The summed E-state index contributed by atoms with van der Waals surface area (Å²) in [7, 11) is 0. The zero-order chi connectivity index (χ0) is 18.8. The number of thiophene rings is 1. The van der Waals surface area contributed by atoms with Gasteiger partial charge >= 0.3 is 5.97 Å². The largest absolute Gasteiger partial charge is 0.462 e. The molecule has 3 rings (SSSR count). The van der Waals surface area contributed by atoms with Crippen LogP contribution in [0.25, 0.3) is 0 Å². The second-order valence-electron chi connectivity index (χ2n) is 5.71. The van der Waals surface area contributed by atoms with Crippen molar-refractivity contribution in [2.75, 3.05) is 23.8 Å². The first-order valence-corrected chi connectivity index (χ1v) is 8.78. The zero-order valence-corrected chi connectivity index (χ0v) is 14.8. The number of carbonyl (C=O) groups excluding carboxylic acids is 1. The van der Waals surface area contributed by atoms with Gasteiger partial charge in [-0.2, -0.15) is 5.26 Å². The van der Waals surface area contributed by atoms with Crippen LogP contribution in [-0.2, 0) is 17.7 Å². The number of hydrogen-bond acceptors (Lipinski definition) is 8. The van der Waals surface area contributed by atoms with Crippen LogP contribution in [0.15, 0.2) is 18.2 Å². The summed E-state index contributed by atoms with van der Waals surface area (Å²) in [5, 5.41) is 20.9. The Hall–Kier alpha value is -3.12. The predicted octanol–water partition coefficient (Wildman–Crippen LogP) is 2.85. The molecule has 0 saturated heterocycles. The van der Waals surface area contributed by atoms with Gasteiger partial charge in [-0.05, 0) is 31.0 Å². The number of anilines is 2. The van der Waals surface area contributed by atoms with Gasteiger partial charge in [-0.3, -0.25) is 10.1 Å². The third-order valence-electron chi connectivity index (χ3n) is 4.23. The van der Waals surface area contributed by atoms with Crippen LogP contribution in [0.2, 0.25) is 0 Å². The van der Waals surface area contributed by atoms with Crippen molar-refractivity contribution in [2.24, 2.45) is 0 Å². The molecule has 1 aliphatic heterocycles. The summed E-state index contributed by atoms with van der Waals surface area (Å²) in [6.07, 6.45) is 0.650. The van der Waals surface area contributed by atoms with Crippen LogP contribution in [0.1, 0.15) is 33.3 Å². The Kier molecular flexibility index (Phi) is 4.77. The summed E-state index contributed by atoms with van der Waals surface area (Å²) >= 11 is 1.38. The van der Waals surface area contributed by atoms with E-state index in [1.807, 2.05) is 4.90 Å². The van der Waals surface area contributed by atoms with Gasteiger partial charge in [-0.25, -0.2) is 4.79 Å². The highest BCUT2D eigenvalue weighted by Crippen LogP contribution is 2.36. The fraction of sp³-hybridized carbons (Fsp3) is 0.294. The maximum absolute atomic E-state index is 12.1. The number of fused-ring (bicyclic) bond motifs is 1. The SMILES string of the molecule is CCOC(=O)c1cc(N2CCc3c(sc(N)c3C#N)C2)ccc1[N+](=O)[O-]. The topological polar surface area (TPSA) is 122 Å². The lowest BCUT2D eigenvalue weighted by Crippen LogP contribution is -2.29. The molecule has 0 bridgehead atoms. The maximum Gasteiger partial charge on any atom is 0.345 e. The van der Waals surface area contributed by atoms with Crippen molar-refractivity contribution in [3.05, 3.63) is 49.9 Å². The lowest BCUT2D eigenvalue weighted by atomic mass is 10.0. The van der Waals surface area contributed by atoms with Crippen LogP contribution in [0, 0.1) is 21.4 Å². The number of esters is 1. The van der Waals surface area contributed by atoms with Crippen molar-refractivity contribution in [1.82, 2.24) is 0 Å². The molecule has 0 saturated carbocycles. The fourth-order valence-corrected chi connectivity index (χ4v) is 4.10. The number of rotatable bonds is 4. The summed E-state index contributed by atoms with van der Waals surface area (Å²) in [6.45, 7) is 2.94. The highest BCUT2D eigenvalue weighted by Gasteiger charge is 2.27. The molecule has 1 aromatic carbocycles. The minimum atomic E-state index is -0.717. The van der Waals surface area contributed by atoms with Gasteiger partial charge in [0.2, 0.25) is 0 Å². The molecule has 8 nitrogen and oxygen atoms in total. The van der Waals surface area contributed by atoms with Crippen molar-refractivity contribution in [2.45, 2.75) is 19.9 Å². The lowest BCUT2D eigenvalue weighted by Gasteiger charge is -2.29. The van der Waals surface area contributed by atoms with E-state index in [0.717, 1.165) is 10.4 Å². The van der Waals surface area contributed by atoms with Crippen molar-refractivity contribution in [3.8, 4) is 6.07 Å². The highest BCUT2D eigenvalue weighted by molar-refractivity contribution is 7.16. The Bertz CT molecular complexity index is 932. The number of nitriles is 1. The quantitative estimate of drug-likeness (QED) is 0.497. The van der Waals surface area contributed by atoms with E-state index < -0.39 is 10.9 Å². The minimum Gasteiger partial charge on any atom is -0.462 e. The minimum absolute atomic E-state index is 0.0662. The molecule has 1 aromatic heterocycles. The monoisotopic (exact) mass is 372 g/mol. The molecular formula is C17H16N4O4S. The van der Waals surface area contributed by atoms with E-state index >= 15 is 0 Å². The first kappa shape index (κ1) is 17.7. The van der Waals surface area contributed by atoms with Gasteiger partial charge in [0, 0.05) is 23.2 Å². The van der Waals surface area contributed by atoms with Gasteiger partial charge in [-0.1, -0.05) is 0 Å². The van der Waals surface area contributed by atoms with Gasteiger partial charge < -0.3 is 15.4 Å². The van der Waals surface area contributed by atoms with Crippen LogP contribution in [0.3, 0.4) is 0 Å². The van der Waals surface area contributed by atoms with E-state index in [0.29, 0.717) is 35.8 Å². The Morgan fingerprint density at radius 2 is 2.31 bits per heavy atom. The molecule has 0 aliphatic carbocycles. The average Bonchev–Trinajstić information content (AvgIpc) is 2.95. The molecule has 0 fully saturated rings. The molecular weight excluding hydrogens is 356 g/mol. The second-order valence-corrected chi connectivity index (χ2v) is 6.84. The van der Waals surface area contributed by atoms with Gasteiger partial charge in [0.05, 0.1) is 23.6 Å². The van der Waals surface area contributed by atoms with E-state index in [1.165, 1.54) is 23.5 Å². The number of carbonyl (C=O) groups is 1. The summed E-state index contributed by atoms with van der Waals surface area (Å²) in [5.41, 5.74) is 7.76. The van der Waals surface area contributed by atoms with Gasteiger partial charge in [0.15, 0.2) is 0 Å². The van der Waals surface area contributed by atoms with Crippen molar-refractivity contribution >= 4 is 33.7 Å². The first-order valence-electron chi connectivity index (χ1n) is 7.96. The van der Waals surface area contributed by atoms with Crippen LogP contribution in [-0.4, -0.2) is 24.0 Å². The Labute approximate surface area is 153 Å². The predicted molar refractivity (Wildman–Crippen MR) is 97.3 cm³/mol. The number of benzene rings is 1. The lowest BCUT2D eigenvalue weighted by molar-refractivity contribution is -0.385. The van der Waals surface area contributed by atoms with Crippen LogP contribution >= 0.6 is 11.3 Å². The third kappa shape index (κ3) is 3.07. The molecule has 0 unspecified atom stereocenters. The number of nitrogens with two attached hydrogens (primary N) is 1. The normalized spacial score (nSPS) is 13.0. The molecule has 0 spiro atoms. The number of nitro benzene ring substituents is 1. The number of ether oxygens (including phenoxy) is 1. The molecule has 2 aromatic rings. The fourth-order valence-electron chi connectivity index (χ4n) is 3.02. The number of nitrogens with zero attached hydrogens (tertiary/aromatic N) is 3. The molecule has 2 N–H and O–H groups in total. The molecule has 134 valence electrons. The molecule has 0 atom stereocenters. The smallest absolute Gasteiger partial charge is 0.345 e. The molecule has 0 radical (unpaired) electrons. The Morgan fingerprint density at radius 1 is 1.54 bits per heavy atom. The zero-order valence-electron chi connectivity index (χ0n) is 14.0. The van der Waals surface area contributed by atoms with Crippen molar-refractivity contribution < 1.29 is 14.5 Å². The van der Waals surface area contributed by atoms with Gasteiger partial charge in [0.1, 0.15) is 16.6 Å². The molecule has 1 aliphatic rings. The summed E-state index contributed by atoms with van der Waals surface area (Å²) in [6, 6.07) is 6.58. The van der Waals surface area contributed by atoms with E-state index in [2.05, 4.69) is 6.07 Å². The Morgan fingerprint density at radius 3 is 2.96 bits per heavy atom. The molecule has 26 heavy (non-hydrogen) atoms. The molecule has 9 heteroatoms. The molecule has 2 heterocycles. The van der Waals surface area contributed by atoms with E-state index in [1.54, 1.807) is 13.0 Å². The van der Waals surface area contributed by atoms with Gasteiger partial charge in [-0.15, -0.1) is 11.3 Å². The second kappa shape index (κ2) is 7.01. The third-order valence-corrected chi connectivity index (χ3v) is 5.28. The summed E-state index contributed by atoms with van der Waals surface area (Å²) < 4.78 is 4.94. The van der Waals surface area contributed by atoms with Crippen LogP contribution in [0.5, 0.6) is 0 Å². The van der Waals surface area contributed by atoms with E-state index in [-0.39, 0.29) is 17.9 Å². The van der Waals surface area contributed by atoms with Crippen LogP contribution in [0.4, 0.5) is 16.4 Å². The number of hydrogen-bond donors (Lipinski definition) is 1. The Balaban J connectivity index is 1.95. The van der Waals surface area contributed by atoms with Crippen LogP contribution < -0.4 is 10.6 Å². The standard InChI is InChI=1S/C17H16N4O4S/c1-2-25-17(22)12-7-10(3-4-14(12)21(23)24)20-6-5-11-13(8-18)16(19)26-15(11)9-20/h3-4,7H,2,5-6,9,19H2,1H3. The summed E-state index contributed by atoms with van der Waals surface area (Å²) in [4.78, 5) is 25.7. The highest BCUT2D eigenvalue weighted by atomic mass is 32.1. The number of nitro groups is 1. The van der Waals surface area contributed by atoms with E-state index in [9.17, 15) is 20.2 Å². The van der Waals surface area contributed by atoms with Gasteiger partial charge in [0.25, 0.3) is 5.69 Å². The maximum atomic E-state index is 12.1. The molecule has 0 amide bonds. The van der Waals surface area contributed by atoms with Crippen molar-refractivity contribution in [1.29, 1.82) is 5.26 Å². The average molecular weight is 372 g/mol. The van der Waals surface area contributed by atoms with Crippen molar-refractivity contribution in [3.63, 3.8) is 0 Å². The number of nitrogen functional groups attached to an aromatic ring is 1. The van der Waals surface area contributed by atoms with E-state index in [4.69, 9.17) is 10.5 Å². The first-order chi connectivity index (χ1) is 12.5. The summed E-state index contributed by atoms with van der Waals surface area (Å²) in [5.74, 6) is -0.717.